The fourth-order valence-corrected chi connectivity index (χ4v) is 4.67. The van der Waals surface area contributed by atoms with Crippen molar-refractivity contribution in [3.05, 3.63) is 93.1 Å². The highest BCUT2D eigenvalue weighted by Gasteiger charge is 2.14. The van der Waals surface area contributed by atoms with Gasteiger partial charge < -0.3 is 5.32 Å². The Hall–Kier alpha value is -2.34. The van der Waals surface area contributed by atoms with Crippen LogP contribution in [-0.4, -0.2) is 20.1 Å². The van der Waals surface area contributed by atoms with Crippen molar-refractivity contribution in [2.45, 2.75) is 31.6 Å². The number of benzene rings is 2. The maximum absolute atomic E-state index is 12.6. The number of amides is 1. The summed E-state index contributed by atoms with van der Waals surface area (Å²) < 4.78 is 23.9. The third kappa shape index (κ3) is 5.88. The molecule has 1 aliphatic carbocycles. The molecule has 0 spiro atoms. The number of halogens is 2. The standard InChI is InChI=1S/C24H23Cl2NO3S/c1-3-31(29,30)20-10-7-17(8-11-20)13-24(28)27-19-6-4-5-16(2)22(15-19)21-12-9-18(25)14-23(21)26/h4-5,7-12,14-15H,3,6,13H2,1-2H3,(H,27,28). The summed E-state index contributed by atoms with van der Waals surface area (Å²) in [5, 5.41) is 4.07. The van der Waals surface area contributed by atoms with Gasteiger partial charge in [0.1, 0.15) is 0 Å². The topological polar surface area (TPSA) is 63.2 Å². The molecule has 1 N–H and O–H groups in total. The predicted octanol–water partition coefficient (Wildman–Crippen LogP) is 5.76. The molecule has 2 aromatic rings. The maximum atomic E-state index is 12.6. The molecule has 0 unspecified atom stereocenters. The van der Waals surface area contributed by atoms with E-state index in [1.807, 2.05) is 31.2 Å². The van der Waals surface area contributed by atoms with E-state index in [9.17, 15) is 13.2 Å². The molecular weight excluding hydrogens is 453 g/mol. The van der Waals surface area contributed by atoms with Gasteiger partial charge >= 0.3 is 0 Å². The van der Waals surface area contributed by atoms with Crippen LogP contribution in [0.5, 0.6) is 0 Å². The quantitative estimate of drug-likeness (QED) is 0.577. The molecule has 0 heterocycles. The predicted molar refractivity (Wildman–Crippen MR) is 127 cm³/mol. The molecule has 0 aliphatic heterocycles. The first kappa shape index (κ1) is 23.3. The Kier molecular flexibility index (Phi) is 7.42. The molecule has 31 heavy (non-hydrogen) atoms. The van der Waals surface area contributed by atoms with E-state index in [0.717, 1.165) is 28.0 Å². The van der Waals surface area contributed by atoms with Crippen LogP contribution in [0.3, 0.4) is 0 Å². The molecule has 0 aromatic heterocycles. The molecule has 3 rings (SSSR count). The monoisotopic (exact) mass is 475 g/mol. The second-order valence-electron chi connectivity index (χ2n) is 7.27. The Morgan fingerprint density at radius 1 is 1.10 bits per heavy atom. The number of hydrogen-bond donors (Lipinski definition) is 1. The van der Waals surface area contributed by atoms with E-state index in [4.69, 9.17) is 23.2 Å². The average Bonchev–Trinajstić information content (AvgIpc) is 2.89. The lowest BCUT2D eigenvalue weighted by Crippen LogP contribution is -2.24. The molecule has 0 radical (unpaired) electrons. The third-order valence-corrected chi connectivity index (χ3v) is 7.30. The number of carbonyl (C=O) groups excluding carboxylic acids is 1. The zero-order chi connectivity index (χ0) is 22.6. The highest BCUT2D eigenvalue weighted by atomic mass is 35.5. The molecule has 0 bridgehead atoms. The summed E-state index contributed by atoms with van der Waals surface area (Å²) in [4.78, 5) is 12.9. The summed E-state index contributed by atoms with van der Waals surface area (Å²) >= 11 is 12.4. The fourth-order valence-electron chi connectivity index (χ4n) is 3.27. The van der Waals surface area contributed by atoms with Gasteiger partial charge in [0.25, 0.3) is 0 Å². The highest BCUT2D eigenvalue weighted by Crippen LogP contribution is 2.32. The first-order valence-electron chi connectivity index (χ1n) is 9.84. The summed E-state index contributed by atoms with van der Waals surface area (Å²) in [5.74, 6) is -0.131. The number of rotatable bonds is 6. The molecule has 1 aliphatic rings. The molecule has 2 aromatic carbocycles. The van der Waals surface area contributed by atoms with Crippen LogP contribution in [-0.2, 0) is 21.1 Å². The Labute approximate surface area is 193 Å². The molecule has 1 amide bonds. The van der Waals surface area contributed by atoms with E-state index in [1.54, 1.807) is 43.3 Å². The lowest BCUT2D eigenvalue weighted by molar-refractivity contribution is -0.119. The maximum Gasteiger partial charge on any atom is 0.228 e. The van der Waals surface area contributed by atoms with Crippen LogP contribution in [0.1, 0.15) is 31.4 Å². The number of allylic oxidation sites excluding steroid dienone is 5. The Morgan fingerprint density at radius 3 is 2.45 bits per heavy atom. The van der Waals surface area contributed by atoms with Crippen LogP contribution in [0.25, 0.3) is 5.57 Å². The largest absolute Gasteiger partial charge is 0.329 e. The summed E-state index contributed by atoms with van der Waals surface area (Å²) in [5.41, 5.74) is 4.28. The van der Waals surface area contributed by atoms with Gasteiger partial charge in [-0.15, -0.1) is 0 Å². The molecule has 0 atom stereocenters. The van der Waals surface area contributed by atoms with E-state index in [1.165, 1.54) is 0 Å². The van der Waals surface area contributed by atoms with Crippen molar-refractivity contribution in [2.75, 3.05) is 5.75 Å². The van der Waals surface area contributed by atoms with Gasteiger partial charge in [-0.2, -0.15) is 0 Å². The van der Waals surface area contributed by atoms with E-state index in [-0.39, 0.29) is 23.0 Å². The van der Waals surface area contributed by atoms with Gasteiger partial charge in [-0.05, 0) is 54.0 Å². The average molecular weight is 476 g/mol. The minimum absolute atomic E-state index is 0.0431. The first-order chi connectivity index (χ1) is 14.7. The Bertz CT molecular complexity index is 1190. The van der Waals surface area contributed by atoms with E-state index >= 15 is 0 Å². The van der Waals surface area contributed by atoms with E-state index in [2.05, 4.69) is 5.32 Å². The molecular formula is C24H23Cl2NO3S. The molecule has 162 valence electrons. The van der Waals surface area contributed by atoms with Gasteiger partial charge in [0.15, 0.2) is 9.84 Å². The van der Waals surface area contributed by atoms with E-state index in [0.29, 0.717) is 16.5 Å². The van der Waals surface area contributed by atoms with Crippen molar-refractivity contribution in [3.63, 3.8) is 0 Å². The summed E-state index contributed by atoms with van der Waals surface area (Å²) in [6.07, 6.45) is 6.64. The van der Waals surface area contributed by atoms with Crippen molar-refractivity contribution in [3.8, 4) is 0 Å². The Balaban J connectivity index is 1.77. The fraction of sp³-hybridized carbons (Fsp3) is 0.208. The molecule has 0 saturated heterocycles. The third-order valence-electron chi connectivity index (χ3n) is 5.00. The number of carbonyl (C=O) groups is 1. The van der Waals surface area contributed by atoms with Crippen molar-refractivity contribution in [1.29, 1.82) is 0 Å². The molecule has 4 nitrogen and oxygen atoms in total. The zero-order valence-corrected chi connectivity index (χ0v) is 19.6. The van der Waals surface area contributed by atoms with Gasteiger partial charge in [0.05, 0.1) is 17.1 Å². The zero-order valence-electron chi connectivity index (χ0n) is 17.3. The highest BCUT2D eigenvalue weighted by molar-refractivity contribution is 7.91. The van der Waals surface area contributed by atoms with Gasteiger partial charge in [-0.25, -0.2) is 8.42 Å². The van der Waals surface area contributed by atoms with Gasteiger partial charge in [0.2, 0.25) is 5.91 Å². The second-order valence-corrected chi connectivity index (χ2v) is 10.4. The first-order valence-corrected chi connectivity index (χ1v) is 12.3. The summed E-state index contributed by atoms with van der Waals surface area (Å²) in [6, 6.07) is 11.8. The second kappa shape index (κ2) is 9.86. The lowest BCUT2D eigenvalue weighted by atomic mass is 10.00. The van der Waals surface area contributed by atoms with Crippen molar-refractivity contribution in [2.24, 2.45) is 0 Å². The van der Waals surface area contributed by atoms with Crippen LogP contribution in [0.2, 0.25) is 10.0 Å². The van der Waals surface area contributed by atoms with Crippen molar-refractivity contribution >= 4 is 44.5 Å². The minimum Gasteiger partial charge on any atom is -0.329 e. The number of hydrogen-bond acceptors (Lipinski definition) is 3. The Morgan fingerprint density at radius 2 is 1.81 bits per heavy atom. The number of sulfone groups is 1. The van der Waals surface area contributed by atoms with Crippen LogP contribution in [0, 0.1) is 0 Å². The van der Waals surface area contributed by atoms with Gasteiger partial charge in [-0.1, -0.05) is 60.5 Å². The normalized spacial score (nSPS) is 14.3. The van der Waals surface area contributed by atoms with Crippen LogP contribution >= 0.6 is 23.2 Å². The van der Waals surface area contributed by atoms with Crippen molar-refractivity contribution in [1.82, 2.24) is 5.32 Å². The number of nitrogens with one attached hydrogen (secondary N) is 1. The molecule has 0 fully saturated rings. The minimum atomic E-state index is -3.26. The molecule has 7 heteroatoms. The SMILES string of the molecule is CCS(=O)(=O)c1ccc(CC(=O)NC2=CC(c3ccc(Cl)cc3Cl)=C(C)C=CC2)cc1. The lowest BCUT2D eigenvalue weighted by Gasteiger charge is -2.12. The smallest absolute Gasteiger partial charge is 0.228 e. The van der Waals surface area contributed by atoms with Crippen molar-refractivity contribution < 1.29 is 13.2 Å². The van der Waals surface area contributed by atoms with E-state index < -0.39 is 9.84 Å². The van der Waals surface area contributed by atoms with Gasteiger partial charge in [-0.3, -0.25) is 4.79 Å². The van der Waals surface area contributed by atoms with Crippen LogP contribution in [0.15, 0.2) is 76.9 Å². The van der Waals surface area contributed by atoms with Gasteiger partial charge in [0, 0.05) is 27.7 Å². The summed E-state index contributed by atoms with van der Waals surface area (Å²) in [7, 11) is -3.26. The van der Waals surface area contributed by atoms with Crippen LogP contribution < -0.4 is 5.32 Å². The van der Waals surface area contributed by atoms with Crippen LogP contribution in [0.4, 0.5) is 0 Å². The summed E-state index contributed by atoms with van der Waals surface area (Å²) in [6.45, 7) is 3.59. The molecule has 0 saturated carbocycles.